The summed E-state index contributed by atoms with van der Waals surface area (Å²) >= 11 is 8.07. The number of methoxy groups -OCH3 is 1. The van der Waals surface area contributed by atoms with Crippen LogP contribution in [0.2, 0.25) is 5.02 Å². The second-order valence-electron chi connectivity index (χ2n) is 5.11. The van der Waals surface area contributed by atoms with Gasteiger partial charge >= 0.3 is 0 Å². The third-order valence-corrected chi connectivity index (χ3v) is 5.02. The molecule has 2 aromatic carbocycles. The highest BCUT2D eigenvalue weighted by molar-refractivity contribution is 7.99. The third kappa shape index (κ3) is 3.37. The topological polar surface area (TPSA) is 21.3 Å². The summed E-state index contributed by atoms with van der Waals surface area (Å²) in [5.41, 5.74) is 3.62. The number of fused-ring (bicyclic) bond motifs is 1. The molecule has 2 aromatic rings. The van der Waals surface area contributed by atoms with Crippen molar-refractivity contribution in [2.24, 2.45) is 0 Å². The first kappa shape index (κ1) is 14.8. The van der Waals surface area contributed by atoms with Gasteiger partial charge in [-0.3, -0.25) is 0 Å². The summed E-state index contributed by atoms with van der Waals surface area (Å²) < 4.78 is 5.28. The number of nitrogens with one attached hydrogen (secondary N) is 1. The van der Waals surface area contributed by atoms with E-state index >= 15 is 0 Å². The molecule has 0 aromatic heterocycles. The maximum Gasteiger partial charge on any atom is 0.0733 e. The maximum absolute atomic E-state index is 6.17. The fraction of sp³-hybridized carbons (Fsp3) is 0.294. The molecule has 0 spiro atoms. The molecule has 1 unspecified atom stereocenters. The van der Waals surface area contributed by atoms with E-state index in [2.05, 4.69) is 35.6 Å². The normalized spacial score (nSPS) is 17.3. The number of hydrogen-bond acceptors (Lipinski definition) is 3. The van der Waals surface area contributed by atoms with Crippen molar-refractivity contribution in [1.82, 2.24) is 0 Å². The molecule has 0 aliphatic carbocycles. The lowest BCUT2D eigenvalue weighted by Crippen LogP contribution is -2.17. The smallest absolute Gasteiger partial charge is 0.0733 e. The van der Waals surface area contributed by atoms with Crippen LogP contribution in [0, 0.1) is 0 Å². The lowest BCUT2D eigenvalue weighted by Gasteiger charge is -2.28. The molecule has 4 heteroatoms. The molecule has 1 atom stereocenters. The zero-order valence-electron chi connectivity index (χ0n) is 11.9. The Morgan fingerprint density at radius 1 is 1.29 bits per heavy atom. The molecule has 0 bridgehead atoms. The summed E-state index contributed by atoms with van der Waals surface area (Å²) in [5.74, 6) is 1.12. The van der Waals surface area contributed by atoms with Gasteiger partial charge in [-0.05, 0) is 36.2 Å². The van der Waals surface area contributed by atoms with Crippen molar-refractivity contribution >= 4 is 29.1 Å². The van der Waals surface area contributed by atoms with Crippen molar-refractivity contribution in [2.75, 3.05) is 18.2 Å². The van der Waals surface area contributed by atoms with Gasteiger partial charge in [0, 0.05) is 34.0 Å². The van der Waals surface area contributed by atoms with Gasteiger partial charge in [-0.25, -0.2) is 0 Å². The molecule has 0 amide bonds. The second kappa shape index (κ2) is 6.73. The highest BCUT2D eigenvalue weighted by Crippen LogP contribution is 2.39. The number of para-hydroxylation sites is 1. The van der Waals surface area contributed by atoms with Gasteiger partial charge in [0.05, 0.1) is 12.6 Å². The van der Waals surface area contributed by atoms with Crippen molar-refractivity contribution in [2.45, 2.75) is 24.0 Å². The number of hydrogen-bond donors (Lipinski definition) is 1. The van der Waals surface area contributed by atoms with Crippen molar-refractivity contribution in [3.8, 4) is 0 Å². The van der Waals surface area contributed by atoms with Gasteiger partial charge in [0.2, 0.25) is 0 Å². The van der Waals surface area contributed by atoms with Crippen LogP contribution in [0.4, 0.5) is 5.69 Å². The molecule has 2 nitrogen and oxygen atoms in total. The molecule has 1 N–H and O–H groups in total. The van der Waals surface area contributed by atoms with Crippen molar-refractivity contribution in [3.05, 3.63) is 58.6 Å². The number of thioether (sulfide) groups is 1. The number of ether oxygens (including phenoxy) is 1. The predicted molar refractivity (Wildman–Crippen MR) is 90.3 cm³/mol. The van der Waals surface area contributed by atoms with E-state index in [0.29, 0.717) is 12.6 Å². The summed E-state index contributed by atoms with van der Waals surface area (Å²) in [6.45, 7) is 0.618. The number of anilines is 1. The van der Waals surface area contributed by atoms with Gasteiger partial charge in [-0.15, -0.1) is 11.8 Å². The lowest BCUT2D eigenvalue weighted by molar-refractivity contribution is 0.185. The summed E-state index contributed by atoms with van der Waals surface area (Å²) in [4.78, 5) is 1.33. The molecule has 0 fully saturated rings. The minimum atomic E-state index is 0.304. The van der Waals surface area contributed by atoms with Gasteiger partial charge in [-0.1, -0.05) is 29.8 Å². The zero-order chi connectivity index (χ0) is 14.7. The van der Waals surface area contributed by atoms with Gasteiger partial charge < -0.3 is 10.1 Å². The Hall–Kier alpha value is -1.16. The Morgan fingerprint density at radius 3 is 3.00 bits per heavy atom. The lowest BCUT2D eigenvalue weighted by atomic mass is 10.0. The molecule has 1 heterocycles. The van der Waals surface area contributed by atoms with E-state index in [1.807, 2.05) is 23.9 Å². The monoisotopic (exact) mass is 319 g/mol. The van der Waals surface area contributed by atoms with Crippen LogP contribution < -0.4 is 5.32 Å². The van der Waals surface area contributed by atoms with Gasteiger partial charge in [0.15, 0.2) is 0 Å². The predicted octanol–water partition coefficient (Wildman–Crippen LogP) is 5.14. The molecular formula is C17H18ClNOS. The van der Waals surface area contributed by atoms with Crippen LogP contribution in [0.3, 0.4) is 0 Å². The van der Waals surface area contributed by atoms with Gasteiger partial charge in [-0.2, -0.15) is 0 Å². The zero-order valence-corrected chi connectivity index (χ0v) is 13.5. The Balaban J connectivity index is 1.88. The summed E-state index contributed by atoms with van der Waals surface area (Å²) in [6.07, 6.45) is 1.10. The average molecular weight is 320 g/mol. The highest BCUT2D eigenvalue weighted by atomic mass is 35.5. The first-order valence-corrected chi connectivity index (χ1v) is 8.40. The fourth-order valence-electron chi connectivity index (χ4n) is 2.65. The molecule has 0 saturated heterocycles. The largest absolute Gasteiger partial charge is 0.380 e. The van der Waals surface area contributed by atoms with Crippen LogP contribution in [-0.2, 0) is 11.3 Å². The SMILES string of the molecule is COCc1ccccc1NC1CCSc2ccc(Cl)cc21. The van der Waals surface area contributed by atoms with E-state index in [4.69, 9.17) is 16.3 Å². The van der Waals surface area contributed by atoms with Crippen LogP contribution >= 0.6 is 23.4 Å². The van der Waals surface area contributed by atoms with Crippen molar-refractivity contribution < 1.29 is 4.74 Å². The van der Waals surface area contributed by atoms with E-state index in [-0.39, 0.29) is 0 Å². The number of rotatable bonds is 4. The van der Waals surface area contributed by atoms with E-state index < -0.39 is 0 Å². The van der Waals surface area contributed by atoms with Crippen LogP contribution in [0.25, 0.3) is 0 Å². The Labute approximate surface area is 134 Å². The molecule has 0 saturated carbocycles. The fourth-order valence-corrected chi connectivity index (χ4v) is 3.93. The quantitative estimate of drug-likeness (QED) is 0.843. The summed E-state index contributed by atoms with van der Waals surface area (Å²) in [7, 11) is 1.73. The first-order valence-electron chi connectivity index (χ1n) is 7.03. The number of benzene rings is 2. The highest BCUT2D eigenvalue weighted by Gasteiger charge is 2.21. The molecule has 0 radical (unpaired) electrons. The standard InChI is InChI=1S/C17H18ClNOS/c1-20-11-12-4-2-3-5-15(12)19-16-8-9-21-17-7-6-13(18)10-14(16)17/h2-7,10,16,19H,8-9,11H2,1H3. The molecule has 110 valence electrons. The molecule has 3 rings (SSSR count). The van der Waals surface area contributed by atoms with Crippen LogP contribution in [0.1, 0.15) is 23.6 Å². The van der Waals surface area contributed by atoms with Crippen LogP contribution in [0.5, 0.6) is 0 Å². The Kier molecular flexibility index (Phi) is 4.73. The average Bonchev–Trinajstić information content (AvgIpc) is 2.50. The molecule has 1 aliphatic rings. The first-order chi connectivity index (χ1) is 10.3. The molecular weight excluding hydrogens is 302 g/mol. The van der Waals surface area contributed by atoms with E-state index in [9.17, 15) is 0 Å². The van der Waals surface area contributed by atoms with Crippen molar-refractivity contribution in [1.29, 1.82) is 0 Å². The minimum Gasteiger partial charge on any atom is -0.380 e. The van der Waals surface area contributed by atoms with Gasteiger partial charge in [0.25, 0.3) is 0 Å². The molecule has 1 aliphatic heterocycles. The van der Waals surface area contributed by atoms with E-state index in [0.717, 1.165) is 22.9 Å². The van der Waals surface area contributed by atoms with Gasteiger partial charge in [0.1, 0.15) is 0 Å². The minimum absolute atomic E-state index is 0.304. The second-order valence-corrected chi connectivity index (χ2v) is 6.68. The maximum atomic E-state index is 6.17. The molecule has 21 heavy (non-hydrogen) atoms. The number of halogens is 1. The summed E-state index contributed by atoms with van der Waals surface area (Å²) in [6, 6.07) is 14.8. The van der Waals surface area contributed by atoms with Crippen molar-refractivity contribution in [3.63, 3.8) is 0 Å². The van der Waals surface area contributed by atoms with Crippen LogP contribution in [-0.4, -0.2) is 12.9 Å². The van der Waals surface area contributed by atoms with Crippen LogP contribution in [0.15, 0.2) is 47.4 Å². The summed E-state index contributed by atoms with van der Waals surface area (Å²) in [5, 5.41) is 4.46. The Bertz CT molecular complexity index is 632. The Morgan fingerprint density at radius 2 is 2.14 bits per heavy atom. The third-order valence-electron chi connectivity index (χ3n) is 3.66. The van der Waals surface area contributed by atoms with E-state index in [1.54, 1.807) is 7.11 Å². The van der Waals surface area contributed by atoms with E-state index in [1.165, 1.54) is 16.0 Å².